The summed E-state index contributed by atoms with van der Waals surface area (Å²) in [6.07, 6.45) is -4.75. The van der Waals surface area contributed by atoms with Crippen LogP contribution in [0.4, 0.5) is 27.6 Å². The van der Waals surface area contributed by atoms with Gasteiger partial charge >= 0.3 is 6.36 Å². The smallest absolute Gasteiger partial charge is 0.406 e. The Morgan fingerprint density at radius 3 is 2.40 bits per heavy atom. The van der Waals surface area contributed by atoms with Crippen LogP contribution < -0.4 is 10.1 Å². The summed E-state index contributed by atoms with van der Waals surface area (Å²) in [5.74, 6) is -1.96. The molecule has 0 aliphatic rings. The number of halogens is 5. The zero-order valence-electron chi connectivity index (χ0n) is 12.6. The number of carbonyl (C=O) groups excluding carboxylic acids is 1. The van der Waals surface area contributed by atoms with Crippen molar-refractivity contribution in [3.05, 3.63) is 59.7 Å². The molecule has 0 aromatic heterocycles. The molecule has 3 nitrogen and oxygen atoms in total. The number of anilines is 1. The third kappa shape index (κ3) is 6.61. The Kier molecular flexibility index (Phi) is 6.24. The van der Waals surface area contributed by atoms with Gasteiger partial charge in [0.1, 0.15) is 17.4 Å². The number of amides is 1. The molecule has 2 aromatic rings. The Labute approximate surface area is 144 Å². The van der Waals surface area contributed by atoms with Gasteiger partial charge in [0.15, 0.2) is 0 Å². The average molecular weight is 377 g/mol. The fraction of sp³-hybridized carbons (Fsp3) is 0.188. The van der Waals surface area contributed by atoms with E-state index in [1.54, 1.807) is 0 Å². The quantitative estimate of drug-likeness (QED) is 0.740. The fourth-order valence-corrected chi connectivity index (χ4v) is 2.62. The first-order valence-corrected chi connectivity index (χ1v) is 8.06. The van der Waals surface area contributed by atoms with Gasteiger partial charge in [-0.3, -0.25) is 4.79 Å². The lowest BCUT2D eigenvalue weighted by Gasteiger charge is -2.09. The van der Waals surface area contributed by atoms with Gasteiger partial charge in [0.25, 0.3) is 0 Å². The van der Waals surface area contributed by atoms with Crippen molar-refractivity contribution in [2.24, 2.45) is 0 Å². The maximum Gasteiger partial charge on any atom is 0.573 e. The van der Waals surface area contributed by atoms with Crippen LogP contribution in [0, 0.1) is 11.6 Å². The van der Waals surface area contributed by atoms with Crippen molar-refractivity contribution in [1.82, 2.24) is 0 Å². The highest BCUT2D eigenvalue weighted by molar-refractivity contribution is 7.99. The second-order valence-electron chi connectivity index (χ2n) is 4.86. The minimum atomic E-state index is -4.75. The zero-order chi connectivity index (χ0) is 18.4. The van der Waals surface area contributed by atoms with Gasteiger partial charge in [-0.25, -0.2) is 8.78 Å². The van der Waals surface area contributed by atoms with Gasteiger partial charge in [-0.15, -0.1) is 24.9 Å². The summed E-state index contributed by atoms with van der Waals surface area (Å²) < 4.78 is 66.3. The van der Waals surface area contributed by atoms with E-state index in [1.165, 1.54) is 36.0 Å². The van der Waals surface area contributed by atoms with Crippen molar-refractivity contribution in [3.8, 4) is 5.75 Å². The minimum absolute atomic E-state index is 0.0310. The Bertz CT molecular complexity index is 734. The average Bonchev–Trinajstić information content (AvgIpc) is 2.51. The van der Waals surface area contributed by atoms with Gasteiger partial charge in [0.05, 0.1) is 11.4 Å². The number of benzene rings is 2. The topological polar surface area (TPSA) is 38.3 Å². The van der Waals surface area contributed by atoms with Crippen LogP contribution in [0.15, 0.2) is 42.5 Å². The lowest BCUT2D eigenvalue weighted by Crippen LogP contribution is -2.17. The van der Waals surface area contributed by atoms with Crippen LogP contribution in [0.2, 0.25) is 0 Å². The number of ether oxygens (including phenoxy) is 1. The summed E-state index contributed by atoms with van der Waals surface area (Å²) >= 11 is 1.17. The molecule has 0 saturated heterocycles. The van der Waals surface area contributed by atoms with Gasteiger partial charge in [0, 0.05) is 11.8 Å². The van der Waals surface area contributed by atoms with Gasteiger partial charge in [-0.05, 0) is 29.8 Å². The van der Waals surface area contributed by atoms with E-state index in [4.69, 9.17) is 0 Å². The van der Waals surface area contributed by atoms with Crippen molar-refractivity contribution in [2.45, 2.75) is 12.1 Å². The van der Waals surface area contributed by atoms with Crippen LogP contribution in [-0.4, -0.2) is 18.0 Å². The number of hydrogen-bond acceptors (Lipinski definition) is 3. The minimum Gasteiger partial charge on any atom is -0.406 e. The standard InChI is InChI=1S/C16H12F5NO2S/c17-11-3-6-13(18)14(7-11)22-15(23)9-25-8-10-1-4-12(5-2-10)24-16(19,20)21/h1-7H,8-9H2,(H,22,23). The molecule has 0 aliphatic heterocycles. The molecule has 0 fully saturated rings. The van der Waals surface area contributed by atoms with E-state index in [1.807, 2.05) is 0 Å². The number of hydrogen-bond donors (Lipinski definition) is 1. The van der Waals surface area contributed by atoms with Crippen LogP contribution in [-0.2, 0) is 10.5 Å². The molecule has 0 unspecified atom stereocenters. The van der Waals surface area contributed by atoms with Gasteiger partial charge in [0.2, 0.25) is 5.91 Å². The van der Waals surface area contributed by atoms with Gasteiger partial charge < -0.3 is 10.1 Å². The third-order valence-corrected chi connectivity index (χ3v) is 3.87. The molecule has 25 heavy (non-hydrogen) atoms. The normalized spacial score (nSPS) is 11.2. The Balaban J connectivity index is 1.80. The maximum atomic E-state index is 13.4. The van der Waals surface area contributed by atoms with Crippen LogP contribution >= 0.6 is 11.8 Å². The Hall–Kier alpha value is -2.29. The SMILES string of the molecule is O=C(CSCc1ccc(OC(F)(F)F)cc1)Nc1cc(F)ccc1F. The molecule has 9 heteroatoms. The molecule has 2 rings (SSSR count). The van der Waals surface area contributed by atoms with Crippen LogP contribution in [0.5, 0.6) is 5.75 Å². The predicted molar refractivity (Wildman–Crippen MR) is 84.3 cm³/mol. The predicted octanol–water partition coefficient (Wildman–Crippen LogP) is 4.74. The number of thioether (sulfide) groups is 1. The number of nitrogens with one attached hydrogen (secondary N) is 1. The molecule has 1 amide bonds. The highest BCUT2D eigenvalue weighted by Gasteiger charge is 2.30. The first-order valence-electron chi connectivity index (χ1n) is 6.90. The fourth-order valence-electron chi connectivity index (χ4n) is 1.83. The molecular weight excluding hydrogens is 365 g/mol. The van der Waals surface area contributed by atoms with Gasteiger partial charge in [-0.2, -0.15) is 0 Å². The molecule has 0 atom stereocenters. The highest BCUT2D eigenvalue weighted by atomic mass is 32.2. The van der Waals surface area contributed by atoms with E-state index in [0.29, 0.717) is 11.3 Å². The summed E-state index contributed by atoms with van der Waals surface area (Å²) in [6, 6.07) is 7.94. The van der Waals surface area contributed by atoms with Crippen molar-refractivity contribution in [2.75, 3.05) is 11.1 Å². The summed E-state index contributed by atoms with van der Waals surface area (Å²) in [5, 5.41) is 2.25. The van der Waals surface area contributed by atoms with Crippen LogP contribution in [0.25, 0.3) is 0 Å². The molecule has 0 aliphatic carbocycles. The summed E-state index contributed by atoms with van der Waals surface area (Å²) in [4.78, 5) is 11.7. The molecule has 0 heterocycles. The van der Waals surface area contributed by atoms with E-state index < -0.39 is 23.9 Å². The summed E-state index contributed by atoms with van der Waals surface area (Å²) in [5.41, 5.74) is 0.434. The second-order valence-corrected chi connectivity index (χ2v) is 5.84. The molecule has 2 aromatic carbocycles. The molecule has 0 spiro atoms. The van der Waals surface area contributed by atoms with Gasteiger partial charge in [-0.1, -0.05) is 12.1 Å². The molecule has 1 N–H and O–H groups in total. The maximum absolute atomic E-state index is 13.4. The third-order valence-electron chi connectivity index (χ3n) is 2.86. The number of rotatable bonds is 6. The highest BCUT2D eigenvalue weighted by Crippen LogP contribution is 2.24. The van der Waals surface area contributed by atoms with E-state index >= 15 is 0 Å². The Morgan fingerprint density at radius 2 is 1.76 bits per heavy atom. The second kappa shape index (κ2) is 8.19. The Morgan fingerprint density at radius 1 is 1.08 bits per heavy atom. The van der Waals surface area contributed by atoms with Crippen molar-refractivity contribution in [1.29, 1.82) is 0 Å². The van der Waals surface area contributed by atoms with Crippen molar-refractivity contribution < 1.29 is 31.5 Å². The summed E-state index contributed by atoms with van der Waals surface area (Å²) in [6.45, 7) is 0. The monoisotopic (exact) mass is 377 g/mol. The summed E-state index contributed by atoms with van der Waals surface area (Å²) in [7, 11) is 0. The molecule has 0 bridgehead atoms. The van der Waals surface area contributed by atoms with E-state index in [9.17, 15) is 26.7 Å². The van der Waals surface area contributed by atoms with Crippen molar-refractivity contribution in [3.63, 3.8) is 0 Å². The largest absolute Gasteiger partial charge is 0.573 e. The lowest BCUT2D eigenvalue weighted by atomic mass is 10.2. The molecular formula is C16H12F5NO2S. The molecule has 134 valence electrons. The van der Waals surface area contributed by atoms with E-state index in [-0.39, 0.29) is 17.2 Å². The molecule has 0 saturated carbocycles. The first-order chi connectivity index (χ1) is 11.7. The van der Waals surface area contributed by atoms with Crippen LogP contribution in [0.3, 0.4) is 0 Å². The molecule has 0 radical (unpaired) electrons. The van der Waals surface area contributed by atoms with Crippen molar-refractivity contribution >= 4 is 23.4 Å². The first kappa shape index (κ1) is 19.0. The lowest BCUT2D eigenvalue weighted by molar-refractivity contribution is -0.274. The van der Waals surface area contributed by atoms with E-state index in [0.717, 1.165) is 18.2 Å². The zero-order valence-corrected chi connectivity index (χ0v) is 13.4. The number of carbonyl (C=O) groups is 1. The number of alkyl halides is 3. The van der Waals surface area contributed by atoms with E-state index in [2.05, 4.69) is 10.1 Å². The van der Waals surface area contributed by atoms with Crippen LogP contribution in [0.1, 0.15) is 5.56 Å².